The Morgan fingerprint density at radius 1 is 1.75 bits per heavy atom. The van der Waals surface area contributed by atoms with E-state index in [1.807, 2.05) is 0 Å². The predicted molar refractivity (Wildman–Crippen MR) is 25.3 cm³/mol. The summed E-state index contributed by atoms with van der Waals surface area (Å²) in [5, 5.41) is 16.8. The smallest absolute Gasteiger partial charge is 0.444 e. The van der Waals surface area contributed by atoms with Crippen molar-refractivity contribution in [2.45, 2.75) is 0 Å². The standard InChI is InChI=1S/C2H7NO.HNO2.Na/c3-1-2-4;2-1-3;/h4H,1-3H2;(H,2,3);/q;;+1/p-1. The summed E-state index contributed by atoms with van der Waals surface area (Å²) in [5.74, 6) is 0. The van der Waals surface area contributed by atoms with Crippen molar-refractivity contribution in [1.82, 2.24) is 0 Å². The first-order valence-corrected chi connectivity index (χ1v) is 1.59. The van der Waals surface area contributed by atoms with E-state index >= 15 is 0 Å². The van der Waals surface area contributed by atoms with Gasteiger partial charge in [0, 0.05) is 6.54 Å². The molecule has 0 saturated heterocycles. The third kappa shape index (κ3) is 103. The first-order chi connectivity index (χ1) is 3.33. The zero-order valence-corrected chi connectivity index (χ0v) is 6.70. The van der Waals surface area contributed by atoms with Crippen molar-refractivity contribution < 1.29 is 34.7 Å². The van der Waals surface area contributed by atoms with Crippen LogP contribution in [0.4, 0.5) is 0 Å². The summed E-state index contributed by atoms with van der Waals surface area (Å²) in [6.45, 7) is 0.472. The summed E-state index contributed by atoms with van der Waals surface area (Å²) in [5.41, 5.74) is 4.78. The predicted octanol–water partition coefficient (Wildman–Crippen LogP) is -3.81. The maximum Gasteiger partial charge on any atom is 1.00 e. The van der Waals surface area contributed by atoms with Crippen LogP contribution < -0.4 is 35.3 Å². The molecule has 0 radical (unpaired) electrons. The Morgan fingerprint density at radius 2 is 1.88 bits per heavy atom. The molecule has 0 atom stereocenters. The summed E-state index contributed by atoms with van der Waals surface area (Å²) in [7, 11) is 0. The van der Waals surface area contributed by atoms with Crippen LogP contribution in [0.15, 0.2) is 5.34 Å². The second kappa shape index (κ2) is 26.5. The van der Waals surface area contributed by atoms with Crippen molar-refractivity contribution in [3.63, 3.8) is 0 Å². The Kier molecular flexibility index (Phi) is 52.2. The molecule has 0 spiro atoms. The van der Waals surface area contributed by atoms with Crippen LogP contribution in [-0.4, -0.2) is 18.3 Å². The molecule has 0 aromatic carbocycles. The van der Waals surface area contributed by atoms with Crippen LogP contribution in [0.1, 0.15) is 0 Å². The van der Waals surface area contributed by atoms with E-state index in [-0.39, 0.29) is 36.2 Å². The minimum absolute atomic E-state index is 0. The molecular weight excluding hydrogens is 123 g/mol. The molecular formula is C2H7N2NaO3. The maximum atomic E-state index is 8.00. The van der Waals surface area contributed by atoms with Gasteiger partial charge in [-0.05, 0) is 0 Å². The molecule has 0 fully saturated rings. The fourth-order valence-electron chi connectivity index (χ4n) is 0. The van der Waals surface area contributed by atoms with Gasteiger partial charge < -0.3 is 21.0 Å². The van der Waals surface area contributed by atoms with E-state index < -0.39 is 0 Å². The molecule has 0 aliphatic rings. The van der Waals surface area contributed by atoms with Crippen LogP contribution in [-0.2, 0) is 0 Å². The zero-order chi connectivity index (χ0) is 6.12. The van der Waals surface area contributed by atoms with Gasteiger partial charge in [-0.2, -0.15) is 0 Å². The van der Waals surface area contributed by atoms with E-state index in [9.17, 15) is 0 Å². The van der Waals surface area contributed by atoms with Gasteiger partial charge in [0.1, 0.15) is 0 Å². The number of aliphatic hydroxyl groups is 1. The molecule has 5 nitrogen and oxygen atoms in total. The summed E-state index contributed by atoms with van der Waals surface area (Å²) >= 11 is 0. The topological polar surface area (TPSA) is 98.7 Å². The SMILES string of the molecule is NCCO.O=N[O-].[Na+]. The van der Waals surface area contributed by atoms with Crippen molar-refractivity contribution >= 4 is 0 Å². The molecule has 0 bridgehead atoms. The molecule has 0 amide bonds. The Hall–Kier alpha value is 0.320. The number of rotatable bonds is 1. The second-order valence-corrected chi connectivity index (χ2v) is 0.587. The van der Waals surface area contributed by atoms with E-state index in [2.05, 4.69) is 0 Å². The van der Waals surface area contributed by atoms with Crippen molar-refractivity contribution in [2.75, 3.05) is 13.2 Å². The van der Waals surface area contributed by atoms with Crippen LogP contribution in [0.2, 0.25) is 0 Å². The molecule has 44 valence electrons. The molecule has 0 unspecified atom stereocenters. The maximum absolute atomic E-state index is 8.00. The van der Waals surface area contributed by atoms with Gasteiger partial charge in [0.05, 0.1) is 6.61 Å². The monoisotopic (exact) mass is 130 g/mol. The number of nitrogens with zero attached hydrogens (tertiary/aromatic N) is 1. The van der Waals surface area contributed by atoms with Crippen LogP contribution in [0.3, 0.4) is 0 Å². The van der Waals surface area contributed by atoms with E-state index in [4.69, 9.17) is 21.0 Å². The molecule has 3 N–H and O–H groups in total. The van der Waals surface area contributed by atoms with Crippen LogP contribution >= 0.6 is 0 Å². The fourth-order valence-corrected chi connectivity index (χ4v) is 0. The molecule has 0 saturated carbocycles. The third-order valence-corrected chi connectivity index (χ3v) is 0.129. The Balaban J connectivity index is -0.0000000575. The van der Waals surface area contributed by atoms with Crippen LogP contribution in [0, 0.1) is 10.1 Å². The summed E-state index contributed by atoms with van der Waals surface area (Å²) in [6.07, 6.45) is 0. The zero-order valence-electron chi connectivity index (χ0n) is 4.70. The van der Waals surface area contributed by atoms with Gasteiger partial charge in [-0.3, -0.25) is 0 Å². The van der Waals surface area contributed by atoms with Gasteiger partial charge in [0.2, 0.25) is 0 Å². The van der Waals surface area contributed by atoms with Crippen LogP contribution in [0.5, 0.6) is 0 Å². The van der Waals surface area contributed by atoms with Crippen LogP contribution in [0.25, 0.3) is 0 Å². The van der Waals surface area contributed by atoms with Crippen molar-refractivity contribution in [2.24, 2.45) is 11.1 Å². The molecule has 8 heavy (non-hydrogen) atoms. The molecule has 0 aliphatic carbocycles. The van der Waals surface area contributed by atoms with Gasteiger partial charge >= 0.3 is 29.6 Å². The quantitative estimate of drug-likeness (QED) is 0.216. The van der Waals surface area contributed by atoms with Gasteiger partial charge in [0.15, 0.2) is 0 Å². The summed E-state index contributed by atoms with van der Waals surface area (Å²) in [6, 6.07) is 0. The minimum Gasteiger partial charge on any atom is -0.444 e. The average Bonchev–Trinajstić information content (AvgIpc) is 1.69. The fraction of sp³-hybridized carbons (Fsp3) is 1.00. The Labute approximate surface area is 69.1 Å². The van der Waals surface area contributed by atoms with Gasteiger partial charge in [-0.25, -0.2) is 0 Å². The Bertz CT molecular complexity index is 34.5. The molecule has 0 aliphatic heterocycles. The number of hydrogen-bond acceptors (Lipinski definition) is 5. The van der Waals surface area contributed by atoms with Gasteiger partial charge in [-0.1, -0.05) is 0 Å². The number of nitrogens with two attached hydrogens (primary N) is 1. The third-order valence-electron chi connectivity index (χ3n) is 0.129. The number of hydrogen-bond donors (Lipinski definition) is 2. The van der Waals surface area contributed by atoms with E-state index in [1.54, 1.807) is 0 Å². The van der Waals surface area contributed by atoms with Crippen molar-refractivity contribution in [3.8, 4) is 0 Å². The van der Waals surface area contributed by atoms with Crippen molar-refractivity contribution in [3.05, 3.63) is 10.1 Å². The first-order valence-electron chi connectivity index (χ1n) is 1.59. The largest absolute Gasteiger partial charge is 1.00 e. The molecule has 6 heteroatoms. The van der Waals surface area contributed by atoms with E-state index in [0.29, 0.717) is 6.54 Å². The average molecular weight is 130 g/mol. The molecule has 0 heterocycles. The summed E-state index contributed by atoms with van der Waals surface area (Å²) < 4.78 is 0. The molecule has 0 aromatic heterocycles. The molecule has 0 aromatic rings. The number of aliphatic hydroxyl groups excluding tert-OH is 1. The Morgan fingerprint density at radius 3 is 1.88 bits per heavy atom. The normalized spacial score (nSPS) is 5.25. The molecule has 0 rings (SSSR count). The summed E-state index contributed by atoms with van der Waals surface area (Å²) in [4.78, 5) is 8.00. The van der Waals surface area contributed by atoms with E-state index in [0.717, 1.165) is 5.34 Å². The van der Waals surface area contributed by atoms with Crippen molar-refractivity contribution in [1.29, 1.82) is 0 Å². The van der Waals surface area contributed by atoms with E-state index in [1.165, 1.54) is 0 Å². The van der Waals surface area contributed by atoms with Gasteiger partial charge in [-0.15, -0.1) is 5.34 Å². The second-order valence-electron chi connectivity index (χ2n) is 0.587. The van der Waals surface area contributed by atoms with Gasteiger partial charge in [0.25, 0.3) is 0 Å². The minimum atomic E-state index is 0. The first kappa shape index (κ1) is 15.8.